The maximum atomic E-state index is 12.8. The quantitative estimate of drug-likeness (QED) is 0.565. The van der Waals surface area contributed by atoms with Crippen molar-refractivity contribution in [2.24, 2.45) is 0 Å². The third-order valence-corrected chi connectivity index (χ3v) is 5.03. The Kier molecular flexibility index (Phi) is 3.24. The summed E-state index contributed by atoms with van der Waals surface area (Å²) >= 11 is 0. The summed E-state index contributed by atoms with van der Waals surface area (Å²) < 4.78 is 31.3. The fourth-order valence-electron chi connectivity index (χ4n) is 3.03. The van der Waals surface area contributed by atoms with Crippen molar-refractivity contribution in [1.82, 2.24) is 0 Å². The fraction of sp³-hybridized carbons (Fsp3) is 0. The molecule has 1 N–H and O–H groups in total. The lowest BCUT2D eigenvalue weighted by molar-refractivity contribution is 0.0893. The molecule has 1 aliphatic rings. The van der Waals surface area contributed by atoms with E-state index in [9.17, 15) is 18.0 Å². The highest BCUT2D eigenvalue weighted by Gasteiger charge is 2.33. The molecule has 0 fully saturated rings. The van der Waals surface area contributed by atoms with E-state index in [4.69, 9.17) is 4.55 Å². The zero-order valence-corrected chi connectivity index (χ0v) is 13.5. The van der Waals surface area contributed by atoms with Crippen LogP contribution in [0.4, 0.5) is 5.69 Å². The molecule has 3 aromatic rings. The van der Waals surface area contributed by atoms with Crippen LogP contribution in [0.3, 0.4) is 0 Å². The van der Waals surface area contributed by atoms with Gasteiger partial charge in [0.2, 0.25) is 0 Å². The van der Waals surface area contributed by atoms with Crippen LogP contribution in [0.1, 0.15) is 20.7 Å². The van der Waals surface area contributed by atoms with Gasteiger partial charge in [0.05, 0.1) is 10.6 Å². The minimum absolute atomic E-state index is 0.230. The lowest BCUT2D eigenvalue weighted by Gasteiger charge is -2.27. The number of hydrogen-bond donors (Lipinski definition) is 1. The minimum atomic E-state index is -4.35. The van der Waals surface area contributed by atoms with Crippen LogP contribution in [0.2, 0.25) is 0 Å². The maximum Gasteiger partial charge on any atom is 0.294 e. The second-order valence-electron chi connectivity index (χ2n) is 5.62. The van der Waals surface area contributed by atoms with Gasteiger partial charge in [-0.15, -0.1) is 0 Å². The predicted octanol–water partition coefficient (Wildman–Crippen LogP) is 2.89. The molecule has 0 spiro atoms. The molecule has 0 bridgehead atoms. The summed E-state index contributed by atoms with van der Waals surface area (Å²) in [4.78, 5) is 26.4. The van der Waals surface area contributed by atoms with Crippen molar-refractivity contribution in [3.05, 3.63) is 71.8 Å². The van der Waals surface area contributed by atoms with E-state index < -0.39 is 21.9 Å². The topological polar surface area (TPSA) is 91.8 Å². The van der Waals surface area contributed by atoms with E-state index in [-0.39, 0.29) is 10.6 Å². The number of imide groups is 1. The molecular formula is C18H11NO5S. The number of rotatable bonds is 2. The van der Waals surface area contributed by atoms with Crippen molar-refractivity contribution in [2.45, 2.75) is 4.90 Å². The van der Waals surface area contributed by atoms with E-state index in [0.717, 1.165) is 22.4 Å². The van der Waals surface area contributed by atoms with Gasteiger partial charge in [-0.2, -0.15) is 8.42 Å². The smallest absolute Gasteiger partial charge is 0.282 e. The van der Waals surface area contributed by atoms with Gasteiger partial charge in [-0.25, -0.2) is 4.90 Å². The largest absolute Gasteiger partial charge is 0.294 e. The third-order valence-electron chi connectivity index (χ3n) is 4.16. The Hall–Kier alpha value is -3.03. The summed E-state index contributed by atoms with van der Waals surface area (Å²) in [6, 6.07) is 15.4. The van der Waals surface area contributed by atoms with Crippen molar-refractivity contribution in [3.63, 3.8) is 0 Å². The molecule has 0 aromatic heterocycles. The van der Waals surface area contributed by atoms with Gasteiger partial charge in [-0.3, -0.25) is 14.1 Å². The molecule has 0 aliphatic carbocycles. The van der Waals surface area contributed by atoms with E-state index >= 15 is 0 Å². The molecule has 1 heterocycles. The van der Waals surface area contributed by atoms with Gasteiger partial charge < -0.3 is 0 Å². The summed E-state index contributed by atoms with van der Waals surface area (Å²) in [5, 5.41) is 1.42. The molecule has 2 amide bonds. The summed E-state index contributed by atoms with van der Waals surface area (Å²) in [6.45, 7) is 0. The van der Waals surface area contributed by atoms with Crippen molar-refractivity contribution >= 4 is 38.4 Å². The van der Waals surface area contributed by atoms with E-state index in [2.05, 4.69) is 0 Å². The highest BCUT2D eigenvalue weighted by molar-refractivity contribution is 7.85. The molecule has 0 saturated heterocycles. The molecule has 7 heteroatoms. The molecule has 0 atom stereocenters. The Morgan fingerprint density at radius 2 is 1.28 bits per heavy atom. The summed E-state index contributed by atoms with van der Waals surface area (Å²) in [7, 11) is -4.35. The second kappa shape index (κ2) is 5.23. The van der Waals surface area contributed by atoms with E-state index in [1.165, 1.54) is 12.1 Å². The highest BCUT2D eigenvalue weighted by atomic mass is 32.2. The average molecular weight is 353 g/mol. The van der Waals surface area contributed by atoms with Crippen molar-refractivity contribution < 1.29 is 22.6 Å². The van der Waals surface area contributed by atoms with Gasteiger partial charge in [0.15, 0.2) is 0 Å². The van der Waals surface area contributed by atoms with Crippen LogP contribution in [0.25, 0.3) is 10.8 Å². The first kappa shape index (κ1) is 15.5. The average Bonchev–Trinajstić information content (AvgIpc) is 2.59. The third kappa shape index (κ3) is 2.33. The van der Waals surface area contributed by atoms with Crippen LogP contribution < -0.4 is 4.90 Å². The fourth-order valence-corrected chi connectivity index (χ4v) is 3.51. The lowest BCUT2D eigenvalue weighted by Crippen LogP contribution is -2.40. The SMILES string of the molecule is O=C1c2cccc3cccc(c23)C(=O)N1c1ccc(S(=O)(=O)O)cc1. The number of amides is 2. The van der Waals surface area contributed by atoms with Crippen molar-refractivity contribution in [1.29, 1.82) is 0 Å². The van der Waals surface area contributed by atoms with E-state index in [0.29, 0.717) is 16.5 Å². The van der Waals surface area contributed by atoms with Gasteiger partial charge in [0.25, 0.3) is 21.9 Å². The zero-order chi connectivity index (χ0) is 17.8. The standard InChI is InChI=1S/C18H11NO5S/c20-17-14-5-1-3-11-4-2-6-15(16(11)14)18(21)19(17)12-7-9-13(10-8-12)25(22,23)24/h1-10H,(H,22,23,24). The minimum Gasteiger partial charge on any atom is -0.282 e. The van der Waals surface area contributed by atoms with Crippen LogP contribution in [0.15, 0.2) is 65.6 Å². The monoisotopic (exact) mass is 353 g/mol. The maximum absolute atomic E-state index is 12.8. The van der Waals surface area contributed by atoms with Crippen LogP contribution in [-0.4, -0.2) is 24.8 Å². The molecule has 25 heavy (non-hydrogen) atoms. The number of anilines is 1. The lowest BCUT2D eigenvalue weighted by atomic mass is 9.94. The van der Waals surface area contributed by atoms with Gasteiger partial charge >= 0.3 is 0 Å². The molecule has 0 radical (unpaired) electrons. The molecule has 0 unspecified atom stereocenters. The van der Waals surface area contributed by atoms with E-state index in [1.807, 2.05) is 12.1 Å². The molecular weight excluding hydrogens is 342 g/mol. The number of hydrogen-bond acceptors (Lipinski definition) is 4. The molecule has 3 aromatic carbocycles. The molecule has 124 valence electrons. The number of carbonyl (C=O) groups is 2. The van der Waals surface area contributed by atoms with Crippen LogP contribution in [0, 0.1) is 0 Å². The Bertz CT molecular complexity index is 1100. The second-order valence-corrected chi connectivity index (χ2v) is 7.05. The van der Waals surface area contributed by atoms with Crippen molar-refractivity contribution in [3.8, 4) is 0 Å². The van der Waals surface area contributed by atoms with Gasteiger partial charge in [-0.05, 0) is 41.8 Å². The number of nitrogens with zero attached hydrogens (tertiary/aromatic N) is 1. The summed E-state index contributed by atoms with van der Waals surface area (Å²) in [6.07, 6.45) is 0. The molecule has 0 saturated carbocycles. The summed E-state index contributed by atoms with van der Waals surface area (Å²) in [5.41, 5.74) is 1.05. The Morgan fingerprint density at radius 1 is 0.760 bits per heavy atom. The number of benzene rings is 3. The van der Waals surface area contributed by atoms with Crippen LogP contribution in [-0.2, 0) is 10.1 Å². The van der Waals surface area contributed by atoms with Crippen molar-refractivity contribution in [2.75, 3.05) is 4.90 Å². The first-order valence-electron chi connectivity index (χ1n) is 7.36. The van der Waals surface area contributed by atoms with E-state index in [1.54, 1.807) is 24.3 Å². The van der Waals surface area contributed by atoms with Crippen LogP contribution >= 0.6 is 0 Å². The first-order chi connectivity index (χ1) is 11.9. The Morgan fingerprint density at radius 3 is 1.76 bits per heavy atom. The molecule has 4 rings (SSSR count). The molecule has 6 nitrogen and oxygen atoms in total. The first-order valence-corrected chi connectivity index (χ1v) is 8.80. The van der Waals surface area contributed by atoms with Gasteiger partial charge in [0.1, 0.15) is 0 Å². The Labute approximate surface area is 143 Å². The highest BCUT2D eigenvalue weighted by Crippen LogP contribution is 2.32. The summed E-state index contributed by atoms with van der Waals surface area (Å²) in [5.74, 6) is -0.956. The van der Waals surface area contributed by atoms with Gasteiger partial charge in [0, 0.05) is 16.5 Å². The van der Waals surface area contributed by atoms with Gasteiger partial charge in [-0.1, -0.05) is 24.3 Å². The normalized spacial score (nSPS) is 14.2. The number of carbonyl (C=O) groups excluding carboxylic acids is 2. The van der Waals surface area contributed by atoms with Crippen LogP contribution in [0.5, 0.6) is 0 Å². The molecule has 1 aliphatic heterocycles. The zero-order valence-electron chi connectivity index (χ0n) is 12.7. The Balaban J connectivity index is 1.88. The predicted molar refractivity (Wildman–Crippen MR) is 91.3 cm³/mol.